The van der Waals surface area contributed by atoms with Gasteiger partial charge in [-0.3, -0.25) is 14.3 Å². The second-order valence-electron chi connectivity index (χ2n) is 6.03. The summed E-state index contributed by atoms with van der Waals surface area (Å²) in [6.45, 7) is 1.27. The number of aldehydes is 1. The van der Waals surface area contributed by atoms with Crippen LogP contribution in [0.1, 0.15) is 23.3 Å². The van der Waals surface area contributed by atoms with Gasteiger partial charge in [0, 0.05) is 30.7 Å². The van der Waals surface area contributed by atoms with Crippen LogP contribution >= 0.6 is 11.6 Å². The molecule has 1 aromatic carbocycles. The van der Waals surface area contributed by atoms with Gasteiger partial charge in [-0.05, 0) is 37.1 Å². The Hall–Kier alpha value is -2.67. The summed E-state index contributed by atoms with van der Waals surface area (Å²) in [4.78, 5) is 29.0. The lowest BCUT2D eigenvalue weighted by Gasteiger charge is -2.17. The van der Waals surface area contributed by atoms with E-state index in [1.165, 1.54) is 0 Å². The molecule has 3 heterocycles. The minimum Gasteiger partial charge on any atom is -0.296 e. The van der Waals surface area contributed by atoms with E-state index in [4.69, 9.17) is 11.6 Å². The van der Waals surface area contributed by atoms with Gasteiger partial charge in [0.05, 0.1) is 0 Å². The second-order valence-corrected chi connectivity index (χ2v) is 6.46. The van der Waals surface area contributed by atoms with Crippen molar-refractivity contribution in [3.05, 3.63) is 45.3 Å². The van der Waals surface area contributed by atoms with Crippen molar-refractivity contribution in [2.45, 2.75) is 25.9 Å². The lowest BCUT2D eigenvalue weighted by atomic mass is 10.2. The van der Waals surface area contributed by atoms with Crippen LogP contribution in [0.25, 0.3) is 22.8 Å². The van der Waals surface area contributed by atoms with Gasteiger partial charge >= 0.3 is 0 Å². The molecule has 0 saturated heterocycles. The van der Waals surface area contributed by atoms with Crippen LogP contribution in [-0.2, 0) is 20.1 Å². The molecule has 0 bridgehead atoms. The van der Waals surface area contributed by atoms with Crippen molar-refractivity contribution in [2.24, 2.45) is 7.05 Å². The number of aromatic nitrogens is 5. The zero-order valence-electron chi connectivity index (χ0n) is 13.6. The van der Waals surface area contributed by atoms with Crippen LogP contribution in [0.15, 0.2) is 29.1 Å². The molecule has 25 heavy (non-hydrogen) atoms. The molecule has 0 spiro atoms. The molecule has 1 aliphatic heterocycles. The summed E-state index contributed by atoms with van der Waals surface area (Å²) in [5, 5.41) is 5.03. The molecule has 8 heteroatoms. The fourth-order valence-electron chi connectivity index (χ4n) is 3.25. The van der Waals surface area contributed by atoms with Crippen molar-refractivity contribution in [1.29, 1.82) is 0 Å². The van der Waals surface area contributed by atoms with Gasteiger partial charge in [0.15, 0.2) is 17.9 Å². The van der Waals surface area contributed by atoms with Crippen LogP contribution in [0.2, 0.25) is 5.02 Å². The summed E-state index contributed by atoms with van der Waals surface area (Å²) in [6, 6.07) is 7.16. The first kappa shape index (κ1) is 15.8. The van der Waals surface area contributed by atoms with E-state index in [2.05, 4.69) is 10.1 Å². The molecule has 0 amide bonds. The molecule has 0 atom stereocenters. The van der Waals surface area contributed by atoms with Crippen LogP contribution in [0, 0.1) is 0 Å². The summed E-state index contributed by atoms with van der Waals surface area (Å²) in [6.07, 6.45) is 2.61. The highest BCUT2D eigenvalue weighted by atomic mass is 35.5. The van der Waals surface area contributed by atoms with Gasteiger partial charge < -0.3 is 0 Å². The Labute approximate surface area is 148 Å². The molecular weight excluding hydrogens is 342 g/mol. The highest BCUT2D eigenvalue weighted by molar-refractivity contribution is 6.30. The normalized spacial score (nSPS) is 13.7. The topological polar surface area (TPSA) is 74.7 Å². The monoisotopic (exact) mass is 357 g/mol. The number of aryl methyl sites for hydroxylation is 1. The quantitative estimate of drug-likeness (QED) is 0.674. The maximum Gasteiger partial charge on any atom is 0.278 e. The average Bonchev–Trinajstić information content (AvgIpc) is 3.13. The molecule has 0 aliphatic carbocycles. The fourth-order valence-corrected chi connectivity index (χ4v) is 3.37. The smallest absolute Gasteiger partial charge is 0.278 e. The number of rotatable bonds is 3. The third-order valence-corrected chi connectivity index (χ3v) is 4.72. The zero-order valence-corrected chi connectivity index (χ0v) is 14.4. The minimum absolute atomic E-state index is 0.194. The van der Waals surface area contributed by atoms with Gasteiger partial charge in [0.1, 0.15) is 11.3 Å². The van der Waals surface area contributed by atoms with Crippen LogP contribution in [0.4, 0.5) is 0 Å². The van der Waals surface area contributed by atoms with Gasteiger partial charge in [-0.15, -0.1) is 0 Å². The van der Waals surface area contributed by atoms with Crippen molar-refractivity contribution in [3.8, 4) is 22.8 Å². The first-order valence-electron chi connectivity index (χ1n) is 8.06. The highest BCUT2D eigenvalue weighted by Gasteiger charge is 2.26. The molecule has 0 unspecified atom stereocenters. The van der Waals surface area contributed by atoms with E-state index >= 15 is 0 Å². The predicted molar refractivity (Wildman–Crippen MR) is 93.8 cm³/mol. The Kier molecular flexibility index (Phi) is 3.80. The number of carbonyl (C=O) groups is 1. The lowest BCUT2D eigenvalue weighted by molar-refractivity contribution is 0.111. The zero-order chi connectivity index (χ0) is 17.6. The SMILES string of the molecule is Cn1nc(-c2ccc(Cl)cc2)nc1-c1c(C=O)n2n(c1=O)CCCC2. The standard InChI is InChI=1S/C17H16ClN5O2/c1-21-16(19-15(20-21)11-4-6-12(18)7-5-11)14-13(10-24)22-8-2-3-9-23(22)17(14)25/h4-7,10H,2-3,8-9H2,1H3. The number of carbonyl (C=O) groups excluding carboxylic acids is 1. The maximum atomic E-state index is 12.8. The molecule has 0 radical (unpaired) electrons. The van der Waals surface area contributed by atoms with E-state index in [-0.39, 0.29) is 5.56 Å². The van der Waals surface area contributed by atoms with Crippen LogP contribution < -0.4 is 5.56 Å². The van der Waals surface area contributed by atoms with Gasteiger partial charge in [-0.2, -0.15) is 5.10 Å². The number of hydrogen-bond donors (Lipinski definition) is 0. The van der Waals surface area contributed by atoms with Crippen molar-refractivity contribution in [1.82, 2.24) is 24.1 Å². The first-order valence-corrected chi connectivity index (χ1v) is 8.44. The predicted octanol–water partition coefficient (Wildman–Crippen LogP) is 2.37. The molecule has 7 nitrogen and oxygen atoms in total. The molecule has 0 N–H and O–H groups in total. The summed E-state index contributed by atoms with van der Waals surface area (Å²) < 4.78 is 4.92. The molecule has 4 rings (SSSR count). The van der Waals surface area contributed by atoms with E-state index in [0.29, 0.717) is 41.0 Å². The molecule has 128 valence electrons. The van der Waals surface area contributed by atoms with E-state index in [1.807, 2.05) is 12.1 Å². The van der Waals surface area contributed by atoms with E-state index < -0.39 is 0 Å². The third-order valence-electron chi connectivity index (χ3n) is 4.46. The largest absolute Gasteiger partial charge is 0.296 e. The number of halogens is 1. The summed E-state index contributed by atoms with van der Waals surface area (Å²) >= 11 is 5.92. The van der Waals surface area contributed by atoms with Crippen molar-refractivity contribution < 1.29 is 4.79 Å². The van der Waals surface area contributed by atoms with Crippen molar-refractivity contribution >= 4 is 17.9 Å². The summed E-state index contributed by atoms with van der Waals surface area (Å²) in [7, 11) is 1.72. The van der Waals surface area contributed by atoms with E-state index in [9.17, 15) is 9.59 Å². The fraction of sp³-hybridized carbons (Fsp3) is 0.294. The van der Waals surface area contributed by atoms with Gasteiger partial charge in [0.25, 0.3) is 5.56 Å². The number of nitrogens with zero attached hydrogens (tertiary/aromatic N) is 5. The Morgan fingerprint density at radius 2 is 1.80 bits per heavy atom. The van der Waals surface area contributed by atoms with Crippen molar-refractivity contribution in [2.75, 3.05) is 0 Å². The van der Waals surface area contributed by atoms with Crippen molar-refractivity contribution in [3.63, 3.8) is 0 Å². The summed E-state index contributed by atoms with van der Waals surface area (Å²) in [5.74, 6) is 0.881. The Balaban J connectivity index is 1.89. The average molecular weight is 358 g/mol. The third kappa shape index (κ3) is 2.51. The number of benzene rings is 1. The summed E-state index contributed by atoms with van der Waals surface area (Å²) in [5.41, 5.74) is 1.28. The van der Waals surface area contributed by atoms with Crippen LogP contribution in [0.5, 0.6) is 0 Å². The molecular formula is C17H16ClN5O2. The second kappa shape index (κ2) is 6.00. The van der Waals surface area contributed by atoms with Crippen LogP contribution in [0.3, 0.4) is 0 Å². The molecule has 2 aromatic heterocycles. The highest BCUT2D eigenvalue weighted by Crippen LogP contribution is 2.24. The molecule has 3 aromatic rings. The Morgan fingerprint density at radius 1 is 1.12 bits per heavy atom. The number of hydrogen-bond acceptors (Lipinski definition) is 4. The van der Waals surface area contributed by atoms with Gasteiger partial charge in [-0.25, -0.2) is 14.3 Å². The van der Waals surface area contributed by atoms with E-state index in [1.54, 1.807) is 33.2 Å². The molecule has 0 fully saturated rings. The number of fused-ring (bicyclic) bond motifs is 1. The minimum atomic E-state index is -0.194. The lowest BCUT2D eigenvalue weighted by Crippen LogP contribution is -2.27. The van der Waals surface area contributed by atoms with Gasteiger partial charge in [-0.1, -0.05) is 11.6 Å². The first-order chi connectivity index (χ1) is 12.1. The molecule has 1 aliphatic rings. The van der Waals surface area contributed by atoms with Crippen LogP contribution in [-0.4, -0.2) is 30.4 Å². The Morgan fingerprint density at radius 3 is 2.48 bits per heavy atom. The van der Waals surface area contributed by atoms with Gasteiger partial charge in [0.2, 0.25) is 0 Å². The Bertz CT molecular complexity index is 1010. The maximum absolute atomic E-state index is 12.8. The van der Waals surface area contributed by atoms with E-state index in [0.717, 1.165) is 24.7 Å². The molecule has 0 saturated carbocycles.